The normalized spacial score (nSPS) is 33.5. The lowest BCUT2D eigenvalue weighted by molar-refractivity contribution is -0.150. The van der Waals surface area contributed by atoms with Gasteiger partial charge in [-0.25, -0.2) is 0 Å². The van der Waals surface area contributed by atoms with Gasteiger partial charge in [-0.05, 0) is 50.6 Å². The Bertz CT molecular complexity index is 311. The van der Waals surface area contributed by atoms with Crippen molar-refractivity contribution in [3.8, 4) is 0 Å². The van der Waals surface area contributed by atoms with E-state index >= 15 is 0 Å². The summed E-state index contributed by atoms with van der Waals surface area (Å²) in [5.41, 5.74) is -0.655. The smallest absolute Gasteiger partial charge is 0.313 e. The van der Waals surface area contributed by atoms with E-state index in [9.17, 15) is 9.90 Å². The van der Waals surface area contributed by atoms with Crippen LogP contribution in [-0.2, 0) is 9.53 Å². The number of rotatable bonds is 4. The maximum absolute atomic E-state index is 11.5. The molecule has 110 valence electrons. The first kappa shape index (κ1) is 14.8. The first-order valence-electron chi connectivity index (χ1n) is 7.57. The molecule has 0 bridgehead atoms. The van der Waals surface area contributed by atoms with E-state index in [-0.39, 0.29) is 0 Å². The molecule has 2 atom stereocenters. The third-order valence-electron chi connectivity index (χ3n) is 4.89. The average molecular weight is 269 g/mol. The molecule has 0 radical (unpaired) electrons. The molecular weight excluding hydrogens is 242 g/mol. The van der Waals surface area contributed by atoms with Gasteiger partial charge in [0, 0.05) is 13.2 Å². The molecule has 0 aromatic rings. The molecule has 2 saturated heterocycles. The summed E-state index contributed by atoms with van der Waals surface area (Å²) in [5.74, 6) is 0.850. The van der Waals surface area contributed by atoms with Crippen LogP contribution in [0.5, 0.6) is 0 Å². The number of hydrogen-bond acceptors (Lipinski definition) is 3. The fraction of sp³-hybridized carbons (Fsp3) is 0.933. The summed E-state index contributed by atoms with van der Waals surface area (Å²) in [6.07, 6.45) is 4.34. The Kier molecular flexibility index (Phi) is 4.85. The second-order valence-corrected chi connectivity index (χ2v) is 6.60. The minimum absolute atomic E-state index is 0.381. The first-order valence-corrected chi connectivity index (χ1v) is 7.57. The maximum Gasteiger partial charge on any atom is 0.313 e. The van der Waals surface area contributed by atoms with E-state index < -0.39 is 11.4 Å². The van der Waals surface area contributed by atoms with Crippen molar-refractivity contribution in [1.82, 2.24) is 4.90 Å². The summed E-state index contributed by atoms with van der Waals surface area (Å²) in [7, 11) is 0. The van der Waals surface area contributed by atoms with Crippen LogP contribution in [0.4, 0.5) is 0 Å². The van der Waals surface area contributed by atoms with E-state index in [0.717, 1.165) is 24.9 Å². The summed E-state index contributed by atoms with van der Waals surface area (Å²) >= 11 is 0. The highest BCUT2D eigenvalue weighted by Gasteiger charge is 2.44. The van der Waals surface area contributed by atoms with Gasteiger partial charge in [0.1, 0.15) is 5.41 Å². The van der Waals surface area contributed by atoms with E-state index in [1.807, 2.05) is 0 Å². The van der Waals surface area contributed by atoms with Crippen molar-refractivity contribution in [3.05, 3.63) is 0 Å². The molecule has 2 rings (SSSR count). The van der Waals surface area contributed by atoms with Gasteiger partial charge >= 0.3 is 5.97 Å². The Morgan fingerprint density at radius 1 is 1.42 bits per heavy atom. The van der Waals surface area contributed by atoms with Gasteiger partial charge in [-0.1, -0.05) is 13.8 Å². The Morgan fingerprint density at radius 3 is 2.79 bits per heavy atom. The molecule has 0 spiro atoms. The second kappa shape index (κ2) is 6.23. The highest BCUT2D eigenvalue weighted by Crippen LogP contribution is 2.32. The largest absolute Gasteiger partial charge is 0.481 e. The number of carboxylic acid groups (broad SMARTS) is 1. The maximum atomic E-state index is 11.5. The van der Waals surface area contributed by atoms with Gasteiger partial charge in [0.05, 0.1) is 6.61 Å². The molecule has 0 saturated carbocycles. The minimum atomic E-state index is -0.686. The number of carbonyl (C=O) groups is 1. The molecule has 2 fully saturated rings. The van der Waals surface area contributed by atoms with Crippen LogP contribution >= 0.6 is 0 Å². The summed E-state index contributed by atoms with van der Waals surface area (Å²) < 4.78 is 5.35. The molecule has 2 heterocycles. The van der Waals surface area contributed by atoms with Crippen molar-refractivity contribution in [2.75, 3.05) is 32.8 Å². The first-order chi connectivity index (χ1) is 9.03. The van der Waals surface area contributed by atoms with Crippen LogP contribution in [0.3, 0.4) is 0 Å². The van der Waals surface area contributed by atoms with Crippen molar-refractivity contribution >= 4 is 5.97 Å². The standard InChI is InChI=1S/C15H27NO3/c1-12(2)13-4-3-7-16(8-5-13)10-15(14(17)18)6-9-19-11-15/h12-13H,3-11H2,1-2H3,(H,17,18). The molecular formula is C15H27NO3. The summed E-state index contributed by atoms with van der Waals surface area (Å²) in [6.45, 7) is 8.30. The number of likely N-dealkylation sites (tertiary alicyclic amines) is 1. The van der Waals surface area contributed by atoms with E-state index in [0.29, 0.717) is 26.2 Å². The number of nitrogens with zero attached hydrogens (tertiary/aromatic N) is 1. The summed E-state index contributed by atoms with van der Waals surface area (Å²) in [4.78, 5) is 13.9. The summed E-state index contributed by atoms with van der Waals surface area (Å²) in [6, 6.07) is 0. The monoisotopic (exact) mass is 269 g/mol. The van der Waals surface area contributed by atoms with Crippen molar-refractivity contribution in [3.63, 3.8) is 0 Å². The number of carboxylic acids is 1. The van der Waals surface area contributed by atoms with Gasteiger partial charge in [-0.15, -0.1) is 0 Å². The SMILES string of the molecule is CC(C)C1CCCN(CC2(C(=O)O)CCOC2)CC1. The second-order valence-electron chi connectivity index (χ2n) is 6.60. The molecule has 0 amide bonds. The van der Waals surface area contributed by atoms with Crippen LogP contribution in [-0.4, -0.2) is 48.8 Å². The average Bonchev–Trinajstić information content (AvgIpc) is 2.70. The van der Waals surface area contributed by atoms with Gasteiger partial charge in [-0.3, -0.25) is 4.79 Å². The van der Waals surface area contributed by atoms with Crippen LogP contribution < -0.4 is 0 Å². The van der Waals surface area contributed by atoms with E-state index in [4.69, 9.17) is 4.74 Å². The predicted molar refractivity (Wildman–Crippen MR) is 74.1 cm³/mol. The minimum Gasteiger partial charge on any atom is -0.481 e. The van der Waals surface area contributed by atoms with Crippen LogP contribution in [0.1, 0.15) is 39.5 Å². The van der Waals surface area contributed by atoms with Crippen LogP contribution in [0.25, 0.3) is 0 Å². The zero-order valence-electron chi connectivity index (χ0n) is 12.2. The fourth-order valence-corrected chi connectivity index (χ4v) is 3.40. The molecule has 0 aromatic heterocycles. The third kappa shape index (κ3) is 3.48. The molecule has 4 nitrogen and oxygen atoms in total. The predicted octanol–water partition coefficient (Wildman–Crippen LogP) is 2.24. The molecule has 19 heavy (non-hydrogen) atoms. The van der Waals surface area contributed by atoms with Crippen molar-refractivity contribution in [2.45, 2.75) is 39.5 Å². The molecule has 1 N–H and O–H groups in total. The van der Waals surface area contributed by atoms with E-state index in [2.05, 4.69) is 18.7 Å². The number of aliphatic carboxylic acids is 1. The van der Waals surface area contributed by atoms with Gasteiger partial charge in [0.15, 0.2) is 0 Å². The molecule has 2 aliphatic heterocycles. The molecule has 4 heteroatoms. The lowest BCUT2D eigenvalue weighted by Gasteiger charge is -2.30. The Balaban J connectivity index is 1.93. The fourth-order valence-electron chi connectivity index (χ4n) is 3.40. The molecule has 0 aliphatic carbocycles. The lowest BCUT2D eigenvalue weighted by atomic mass is 9.86. The van der Waals surface area contributed by atoms with Gasteiger partial charge < -0.3 is 14.7 Å². The quantitative estimate of drug-likeness (QED) is 0.850. The zero-order chi connectivity index (χ0) is 13.9. The highest BCUT2D eigenvalue weighted by atomic mass is 16.5. The van der Waals surface area contributed by atoms with Crippen molar-refractivity contribution < 1.29 is 14.6 Å². The highest BCUT2D eigenvalue weighted by molar-refractivity contribution is 5.75. The van der Waals surface area contributed by atoms with E-state index in [1.54, 1.807) is 0 Å². The topological polar surface area (TPSA) is 49.8 Å². The Morgan fingerprint density at radius 2 is 2.21 bits per heavy atom. The molecule has 2 aliphatic rings. The van der Waals surface area contributed by atoms with Crippen LogP contribution in [0, 0.1) is 17.3 Å². The number of hydrogen-bond donors (Lipinski definition) is 1. The van der Waals surface area contributed by atoms with E-state index in [1.165, 1.54) is 19.3 Å². The molecule has 2 unspecified atom stereocenters. The van der Waals surface area contributed by atoms with Crippen LogP contribution in [0.2, 0.25) is 0 Å². The third-order valence-corrected chi connectivity index (χ3v) is 4.89. The number of ether oxygens (including phenoxy) is 1. The van der Waals surface area contributed by atoms with Crippen molar-refractivity contribution in [2.24, 2.45) is 17.3 Å². The Labute approximate surface area is 116 Å². The lowest BCUT2D eigenvalue weighted by Crippen LogP contribution is -2.44. The Hall–Kier alpha value is -0.610. The zero-order valence-corrected chi connectivity index (χ0v) is 12.2. The van der Waals surface area contributed by atoms with Gasteiger partial charge in [-0.2, -0.15) is 0 Å². The van der Waals surface area contributed by atoms with Crippen LogP contribution in [0.15, 0.2) is 0 Å². The van der Waals surface area contributed by atoms with Gasteiger partial charge in [0.25, 0.3) is 0 Å². The summed E-state index contributed by atoms with van der Waals surface area (Å²) in [5, 5.41) is 9.50. The van der Waals surface area contributed by atoms with Gasteiger partial charge in [0.2, 0.25) is 0 Å². The van der Waals surface area contributed by atoms with Crippen molar-refractivity contribution in [1.29, 1.82) is 0 Å². The molecule has 0 aromatic carbocycles.